The predicted octanol–water partition coefficient (Wildman–Crippen LogP) is 3.05. The van der Waals surface area contributed by atoms with Crippen molar-refractivity contribution in [1.82, 2.24) is 10.2 Å². The van der Waals surface area contributed by atoms with E-state index in [4.69, 9.17) is 16.0 Å². The highest BCUT2D eigenvalue weighted by atomic mass is 35.5. The monoisotopic (exact) mass is 271 g/mol. The van der Waals surface area contributed by atoms with Gasteiger partial charge in [-0.25, -0.2) is 0 Å². The summed E-state index contributed by atoms with van der Waals surface area (Å²) in [6, 6.07) is 3.63. The molecule has 0 saturated carbocycles. The van der Waals surface area contributed by atoms with Crippen LogP contribution in [0.4, 0.5) is 6.01 Å². The number of thiophene rings is 1. The van der Waals surface area contributed by atoms with Crippen molar-refractivity contribution in [2.75, 3.05) is 5.32 Å². The molecule has 0 fully saturated rings. The van der Waals surface area contributed by atoms with Crippen molar-refractivity contribution >= 4 is 34.9 Å². The lowest BCUT2D eigenvalue weighted by atomic mass is 10.2. The number of aromatic nitrogens is 2. The molecular formula is C10H10ClN3O2S. The van der Waals surface area contributed by atoms with Gasteiger partial charge in [0.1, 0.15) is 0 Å². The van der Waals surface area contributed by atoms with Crippen LogP contribution in [-0.2, 0) is 4.79 Å². The Morgan fingerprint density at radius 2 is 2.24 bits per heavy atom. The number of carbonyl (C=O) groups is 1. The maximum atomic E-state index is 11.4. The Kier molecular flexibility index (Phi) is 3.44. The highest BCUT2D eigenvalue weighted by Crippen LogP contribution is 2.30. The fourth-order valence-corrected chi connectivity index (χ4v) is 2.02. The molecule has 0 radical (unpaired) electrons. The van der Waals surface area contributed by atoms with E-state index in [0.717, 1.165) is 4.88 Å². The Morgan fingerprint density at radius 1 is 1.47 bits per heavy atom. The zero-order valence-electron chi connectivity index (χ0n) is 9.23. The lowest BCUT2D eigenvalue weighted by molar-refractivity contribution is -0.119. The second-order valence-corrected chi connectivity index (χ2v) is 5.38. The molecule has 0 aromatic carbocycles. The lowest BCUT2D eigenvalue weighted by Gasteiger charge is -2.01. The van der Waals surface area contributed by atoms with Crippen LogP contribution in [0.5, 0.6) is 0 Å². The molecule has 0 unspecified atom stereocenters. The third kappa shape index (κ3) is 2.83. The normalized spacial score (nSPS) is 10.8. The van der Waals surface area contributed by atoms with Gasteiger partial charge >= 0.3 is 6.01 Å². The van der Waals surface area contributed by atoms with Crippen LogP contribution in [0.1, 0.15) is 13.8 Å². The molecule has 17 heavy (non-hydrogen) atoms. The molecular weight excluding hydrogens is 262 g/mol. The number of hydrogen-bond acceptors (Lipinski definition) is 5. The van der Waals surface area contributed by atoms with Crippen molar-refractivity contribution in [1.29, 1.82) is 0 Å². The van der Waals surface area contributed by atoms with Gasteiger partial charge < -0.3 is 4.42 Å². The van der Waals surface area contributed by atoms with Crippen LogP contribution >= 0.6 is 22.9 Å². The molecule has 2 aromatic heterocycles. The van der Waals surface area contributed by atoms with E-state index in [9.17, 15) is 4.79 Å². The first-order valence-electron chi connectivity index (χ1n) is 4.96. The van der Waals surface area contributed by atoms with Gasteiger partial charge in [0.25, 0.3) is 5.89 Å². The molecule has 0 aliphatic rings. The predicted molar refractivity (Wildman–Crippen MR) is 66.1 cm³/mol. The minimum Gasteiger partial charge on any atom is -0.402 e. The summed E-state index contributed by atoms with van der Waals surface area (Å²) in [5.74, 6) is 0.0481. The maximum Gasteiger partial charge on any atom is 0.322 e. The number of amides is 1. The van der Waals surface area contributed by atoms with Gasteiger partial charge in [-0.1, -0.05) is 30.5 Å². The number of nitrogens with one attached hydrogen (secondary N) is 1. The fourth-order valence-electron chi connectivity index (χ4n) is 1.05. The largest absolute Gasteiger partial charge is 0.402 e. The molecule has 1 amide bonds. The van der Waals surface area contributed by atoms with Crippen molar-refractivity contribution in [2.24, 2.45) is 5.92 Å². The molecule has 1 N–H and O–H groups in total. The number of rotatable bonds is 3. The van der Waals surface area contributed by atoms with Crippen LogP contribution < -0.4 is 5.32 Å². The van der Waals surface area contributed by atoms with Gasteiger partial charge in [0.2, 0.25) is 5.91 Å². The van der Waals surface area contributed by atoms with E-state index in [1.54, 1.807) is 26.0 Å². The lowest BCUT2D eigenvalue weighted by Crippen LogP contribution is -2.17. The molecule has 0 aliphatic heterocycles. The van der Waals surface area contributed by atoms with Crippen molar-refractivity contribution < 1.29 is 9.21 Å². The standard InChI is InChI=1S/C10H10ClN3O2S/c1-5(2)8(15)12-10-14-13-9(16-10)6-3-4-7(11)17-6/h3-5H,1-2H3,(H,12,14,15). The summed E-state index contributed by atoms with van der Waals surface area (Å²) in [5.41, 5.74) is 0. The summed E-state index contributed by atoms with van der Waals surface area (Å²) in [5, 5.41) is 10.1. The average Bonchev–Trinajstić information content (AvgIpc) is 2.86. The molecule has 2 rings (SSSR count). The van der Waals surface area contributed by atoms with E-state index in [1.807, 2.05) is 0 Å². The number of halogens is 1. The van der Waals surface area contributed by atoms with Crippen molar-refractivity contribution in [2.45, 2.75) is 13.8 Å². The second-order valence-electron chi connectivity index (χ2n) is 3.66. The molecule has 0 aliphatic carbocycles. The van der Waals surface area contributed by atoms with Crippen LogP contribution in [0, 0.1) is 5.92 Å². The average molecular weight is 272 g/mol. The van der Waals surface area contributed by atoms with Crippen LogP contribution in [0.2, 0.25) is 4.34 Å². The molecule has 90 valence electrons. The van der Waals surface area contributed by atoms with Crippen molar-refractivity contribution in [3.63, 3.8) is 0 Å². The third-order valence-corrected chi connectivity index (χ3v) is 3.18. The first-order chi connectivity index (χ1) is 8.06. The van der Waals surface area contributed by atoms with E-state index >= 15 is 0 Å². The van der Waals surface area contributed by atoms with E-state index in [2.05, 4.69) is 15.5 Å². The Balaban J connectivity index is 2.14. The van der Waals surface area contributed by atoms with E-state index in [0.29, 0.717) is 10.2 Å². The van der Waals surface area contributed by atoms with Gasteiger partial charge in [0.05, 0.1) is 9.21 Å². The summed E-state index contributed by atoms with van der Waals surface area (Å²) in [6.45, 7) is 3.57. The summed E-state index contributed by atoms with van der Waals surface area (Å²) < 4.78 is 5.95. The van der Waals surface area contributed by atoms with Gasteiger partial charge in [-0.3, -0.25) is 10.1 Å². The highest BCUT2D eigenvalue weighted by Gasteiger charge is 2.14. The molecule has 2 aromatic rings. The van der Waals surface area contributed by atoms with Gasteiger partial charge in [-0.15, -0.1) is 16.4 Å². The van der Waals surface area contributed by atoms with E-state index in [1.165, 1.54) is 11.3 Å². The summed E-state index contributed by atoms with van der Waals surface area (Å²) in [4.78, 5) is 12.2. The first-order valence-corrected chi connectivity index (χ1v) is 6.16. The van der Waals surface area contributed by atoms with Crippen LogP contribution in [0.15, 0.2) is 16.5 Å². The minimum atomic E-state index is -0.163. The zero-order valence-corrected chi connectivity index (χ0v) is 10.8. The Bertz CT molecular complexity index is 535. The Morgan fingerprint density at radius 3 is 2.82 bits per heavy atom. The molecule has 0 spiro atoms. The first kappa shape index (κ1) is 12.1. The molecule has 0 saturated heterocycles. The number of nitrogens with zero attached hydrogens (tertiary/aromatic N) is 2. The number of hydrogen-bond donors (Lipinski definition) is 1. The summed E-state index contributed by atoms with van der Waals surface area (Å²) >= 11 is 7.14. The van der Waals surface area contributed by atoms with E-state index in [-0.39, 0.29) is 17.8 Å². The molecule has 2 heterocycles. The fraction of sp³-hybridized carbons (Fsp3) is 0.300. The summed E-state index contributed by atoms with van der Waals surface area (Å²) in [7, 11) is 0. The zero-order chi connectivity index (χ0) is 12.4. The van der Waals surface area contributed by atoms with Crippen LogP contribution in [0.25, 0.3) is 10.8 Å². The van der Waals surface area contributed by atoms with Gasteiger partial charge in [0.15, 0.2) is 0 Å². The van der Waals surface area contributed by atoms with Crippen molar-refractivity contribution in [3.8, 4) is 10.8 Å². The van der Waals surface area contributed by atoms with Crippen LogP contribution in [0.3, 0.4) is 0 Å². The number of anilines is 1. The third-order valence-electron chi connectivity index (χ3n) is 1.96. The Labute approximate surface area is 107 Å². The molecule has 0 atom stereocenters. The van der Waals surface area contributed by atoms with Gasteiger partial charge in [-0.2, -0.15) is 0 Å². The summed E-state index contributed by atoms with van der Waals surface area (Å²) in [6.07, 6.45) is 0. The second kappa shape index (κ2) is 4.85. The van der Waals surface area contributed by atoms with Crippen molar-refractivity contribution in [3.05, 3.63) is 16.5 Å². The topological polar surface area (TPSA) is 68.0 Å². The van der Waals surface area contributed by atoms with E-state index < -0.39 is 0 Å². The molecule has 7 heteroatoms. The number of carbonyl (C=O) groups excluding carboxylic acids is 1. The highest BCUT2D eigenvalue weighted by molar-refractivity contribution is 7.19. The van der Waals surface area contributed by atoms with Gasteiger partial charge in [0, 0.05) is 5.92 Å². The molecule has 0 bridgehead atoms. The SMILES string of the molecule is CC(C)C(=O)Nc1nnc(-c2ccc(Cl)s2)o1. The smallest absolute Gasteiger partial charge is 0.322 e. The van der Waals surface area contributed by atoms with Gasteiger partial charge in [-0.05, 0) is 12.1 Å². The molecule has 5 nitrogen and oxygen atoms in total. The minimum absolute atomic E-state index is 0.100. The van der Waals surface area contributed by atoms with Crippen LogP contribution in [-0.4, -0.2) is 16.1 Å². The Hall–Kier alpha value is -1.40. The maximum absolute atomic E-state index is 11.4. The quantitative estimate of drug-likeness (QED) is 0.932.